The summed E-state index contributed by atoms with van der Waals surface area (Å²) >= 11 is 0. The van der Waals surface area contributed by atoms with Crippen molar-refractivity contribution < 1.29 is 9.59 Å². The number of nitrogens with one attached hydrogen (secondary N) is 1. The van der Waals surface area contributed by atoms with E-state index in [9.17, 15) is 9.59 Å². The highest BCUT2D eigenvalue weighted by molar-refractivity contribution is 6.03. The maximum Gasteiger partial charge on any atom is 0.326 e. The van der Waals surface area contributed by atoms with Crippen LogP contribution in [0.5, 0.6) is 0 Å². The predicted molar refractivity (Wildman–Crippen MR) is 83.0 cm³/mol. The molecule has 4 heteroatoms. The average Bonchev–Trinajstić information content (AvgIpc) is 2.92. The Labute approximate surface area is 123 Å². The molecule has 0 unspecified atom stereocenters. The number of fused-ring (bicyclic) bond motifs is 1. The lowest BCUT2D eigenvalue weighted by Crippen LogP contribution is -2.33. The SMILES string of the molecule is CC(=O)c1ccc(NC(=O)N2CCc3ccccc32)cc1. The largest absolute Gasteiger partial charge is 0.326 e. The standard InChI is InChI=1S/C17H16N2O2/c1-12(20)13-6-8-15(9-7-13)18-17(21)19-11-10-14-4-2-3-5-16(14)19/h2-9H,10-11H2,1H3,(H,18,21). The van der Waals surface area contributed by atoms with Crippen LogP contribution >= 0.6 is 0 Å². The van der Waals surface area contributed by atoms with Crippen LogP contribution in [0.4, 0.5) is 16.2 Å². The lowest BCUT2D eigenvalue weighted by molar-refractivity contribution is 0.101. The van der Waals surface area contributed by atoms with E-state index in [2.05, 4.69) is 5.32 Å². The van der Waals surface area contributed by atoms with Crippen LogP contribution in [0.25, 0.3) is 0 Å². The second kappa shape index (κ2) is 5.40. The van der Waals surface area contributed by atoms with Crippen molar-refractivity contribution in [2.75, 3.05) is 16.8 Å². The van der Waals surface area contributed by atoms with Gasteiger partial charge in [-0.05, 0) is 49.2 Å². The van der Waals surface area contributed by atoms with Crippen LogP contribution in [0.2, 0.25) is 0 Å². The summed E-state index contributed by atoms with van der Waals surface area (Å²) in [6.07, 6.45) is 0.882. The van der Waals surface area contributed by atoms with E-state index < -0.39 is 0 Å². The molecule has 21 heavy (non-hydrogen) atoms. The Hall–Kier alpha value is -2.62. The van der Waals surface area contributed by atoms with Gasteiger partial charge < -0.3 is 5.32 Å². The van der Waals surface area contributed by atoms with Gasteiger partial charge in [-0.2, -0.15) is 0 Å². The number of ketones is 1. The van der Waals surface area contributed by atoms with E-state index >= 15 is 0 Å². The summed E-state index contributed by atoms with van der Waals surface area (Å²) in [6.45, 7) is 2.21. The molecule has 1 aliphatic rings. The summed E-state index contributed by atoms with van der Waals surface area (Å²) in [5, 5.41) is 2.87. The molecule has 0 aliphatic carbocycles. The normalized spacial score (nSPS) is 12.9. The van der Waals surface area contributed by atoms with E-state index in [0.717, 1.165) is 12.1 Å². The number of rotatable bonds is 2. The third-order valence-corrected chi connectivity index (χ3v) is 3.68. The Kier molecular flexibility index (Phi) is 3.44. The second-order valence-electron chi connectivity index (χ2n) is 5.09. The smallest absolute Gasteiger partial charge is 0.308 e. The van der Waals surface area contributed by atoms with E-state index in [1.54, 1.807) is 29.2 Å². The number of benzene rings is 2. The zero-order chi connectivity index (χ0) is 14.8. The third kappa shape index (κ3) is 2.65. The van der Waals surface area contributed by atoms with Crippen LogP contribution < -0.4 is 10.2 Å². The molecule has 0 fully saturated rings. The first-order valence-electron chi connectivity index (χ1n) is 6.92. The van der Waals surface area contributed by atoms with E-state index in [4.69, 9.17) is 0 Å². The van der Waals surface area contributed by atoms with Crippen LogP contribution in [-0.2, 0) is 6.42 Å². The number of amides is 2. The molecular formula is C17H16N2O2. The lowest BCUT2D eigenvalue weighted by atomic mass is 10.1. The molecule has 2 aromatic rings. The molecule has 0 saturated carbocycles. The van der Waals surface area contributed by atoms with Crippen molar-refractivity contribution in [2.45, 2.75) is 13.3 Å². The number of urea groups is 1. The molecule has 3 rings (SSSR count). The molecule has 2 aromatic carbocycles. The summed E-state index contributed by atoms with van der Waals surface area (Å²) in [7, 11) is 0. The van der Waals surface area contributed by atoms with Gasteiger partial charge in [0.25, 0.3) is 0 Å². The van der Waals surface area contributed by atoms with Crippen molar-refractivity contribution in [1.29, 1.82) is 0 Å². The summed E-state index contributed by atoms with van der Waals surface area (Å²) in [4.78, 5) is 25.3. The van der Waals surface area contributed by atoms with Gasteiger partial charge in [-0.1, -0.05) is 18.2 Å². The fourth-order valence-corrected chi connectivity index (χ4v) is 2.53. The van der Waals surface area contributed by atoms with Crippen LogP contribution in [0.3, 0.4) is 0 Å². The minimum absolute atomic E-state index is 0.0151. The Bertz CT molecular complexity index is 692. The van der Waals surface area contributed by atoms with Gasteiger partial charge in [0.15, 0.2) is 5.78 Å². The first-order chi connectivity index (χ1) is 10.1. The fraction of sp³-hybridized carbons (Fsp3) is 0.176. The van der Waals surface area contributed by atoms with Crippen molar-refractivity contribution in [2.24, 2.45) is 0 Å². The molecule has 2 amide bonds. The first-order valence-corrected chi connectivity index (χ1v) is 6.92. The number of carbonyl (C=O) groups is 2. The summed E-state index contributed by atoms with van der Waals surface area (Å²) in [6, 6.07) is 14.7. The summed E-state index contributed by atoms with van der Waals surface area (Å²) < 4.78 is 0. The molecule has 4 nitrogen and oxygen atoms in total. The van der Waals surface area contributed by atoms with Crippen molar-refractivity contribution in [1.82, 2.24) is 0 Å². The van der Waals surface area contributed by atoms with Crippen LogP contribution in [0.15, 0.2) is 48.5 Å². The molecule has 0 radical (unpaired) electrons. The number of anilines is 2. The maximum atomic E-state index is 12.3. The minimum Gasteiger partial charge on any atom is -0.308 e. The molecule has 0 aromatic heterocycles. The molecule has 0 saturated heterocycles. The number of hydrogen-bond donors (Lipinski definition) is 1. The monoisotopic (exact) mass is 280 g/mol. The van der Waals surface area contributed by atoms with Gasteiger partial charge in [0.05, 0.1) is 0 Å². The van der Waals surface area contributed by atoms with E-state index in [1.165, 1.54) is 12.5 Å². The second-order valence-corrected chi connectivity index (χ2v) is 5.09. The van der Waals surface area contributed by atoms with Crippen molar-refractivity contribution in [3.05, 3.63) is 59.7 Å². The molecule has 1 N–H and O–H groups in total. The minimum atomic E-state index is -0.143. The molecular weight excluding hydrogens is 264 g/mol. The highest BCUT2D eigenvalue weighted by atomic mass is 16.2. The van der Waals surface area contributed by atoms with E-state index in [-0.39, 0.29) is 11.8 Å². The highest BCUT2D eigenvalue weighted by Gasteiger charge is 2.23. The van der Waals surface area contributed by atoms with E-state index in [1.807, 2.05) is 24.3 Å². The van der Waals surface area contributed by atoms with Crippen LogP contribution in [-0.4, -0.2) is 18.4 Å². The van der Waals surface area contributed by atoms with Gasteiger partial charge in [-0.3, -0.25) is 9.69 Å². The zero-order valence-corrected chi connectivity index (χ0v) is 11.8. The van der Waals surface area contributed by atoms with Gasteiger partial charge in [0.2, 0.25) is 0 Å². The number of Topliss-reactive ketones (excluding diaryl/α,β-unsaturated/α-hetero) is 1. The Morgan fingerprint density at radius 3 is 2.48 bits per heavy atom. The number of carbonyl (C=O) groups excluding carboxylic acids is 2. The molecule has 1 aliphatic heterocycles. The topological polar surface area (TPSA) is 49.4 Å². The molecule has 1 heterocycles. The third-order valence-electron chi connectivity index (χ3n) is 3.68. The zero-order valence-electron chi connectivity index (χ0n) is 11.8. The Balaban J connectivity index is 1.74. The Morgan fingerprint density at radius 2 is 1.76 bits per heavy atom. The average molecular weight is 280 g/mol. The van der Waals surface area contributed by atoms with Crippen molar-refractivity contribution in [3.63, 3.8) is 0 Å². The number of hydrogen-bond acceptors (Lipinski definition) is 2. The predicted octanol–water partition coefficient (Wildman–Crippen LogP) is 3.48. The number of para-hydroxylation sites is 1. The Morgan fingerprint density at radius 1 is 1.05 bits per heavy atom. The van der Waals surface area contributed by atoms with Crippen LogP contribution in [0.1, 0.15) is 22.8 Å². The van der Waals surface area contributed by atoms with Gasteiger partial charge in [0, 0.05) is 23.5 Å². The first kappa shape index (κ1) is 13.4. The quantitative estimate of drug-likeness (QED) is 0.856. The fourth-order valence-electron chi connectivity index (χ4n) is 2.53. The van der Waals surface area contributed by atoms with Gasteiger partial charge in [0.1, 0.15) is 0 Å². The van der Waals surface area contributed by atoms with Gasteiger partial charge in [-0.25, -0.2) is 4.79 Å². The van der Waals surface area contributed by atoms with Crippen molar-refractivity contribution in [3.8, 4) is 0 Å². The van der Waals surface area contributed by atoms with E-state index in [0.29, 0.717) is 17.8 Å². The van der Waals surface area contributed by atoms with Gasteiger partial charge >= 0.3 is 6.03 Å². The summed E-state index contributed by atoms with van der Waals surface area (Å²) in [5.41, 5.74) is 3.49. The summed E-state index contributed by atoms with van der Waals surface area (Å²) in [5.74, 6) is 0.0151. The molecule has 106 valence electrons. The maximum absolute atomic E-state index is 12.3. The molecule has 0 spiro atoms. The number of nitrogens with zero attached hydrogens (tertiary/aromatic N) is 1. The highest BCUT2D eigenvalue weighted by Crippen LogP contribution is 2.28. The molecule has 0 atom stereocenters. The molecule has 0 bridgehead atoms. The van der Waals surface area contributed by atoms with Crippen LogP contribution in [0, 0.1) is 0 Å². The van der Waals surface area contributed by atoms with Crippen molar-refractivity contribution >= 4 is 23.2 Å². The lowest BCUT2D eigenvalue weighted by Gasteiger charge is -2.18. The van der Waals surface area contributed by atoms with Gasteiger partial charge in [-0.15, -0.1) is 0 Å².